The van der Waals surface area contributed by atoms with Crippen LogP contribution in [0.2, 0.25) is 0 Å². The van der Waals surface area contributed by atoms with Gasteiger partial charge >= 0.3 is 0 Å². The molecular formula is C15H15F2IN4O. The van der Waals surface area contributed by atoms with Crippen LogP contribution in [-0.2, 0) is 6.54 Å². The number of amides is 1. The van der Waals surface area contributed by atoms with E-state index in [9.17, 15) is 13.6 Å². The number of aromatic nitrogens is 2. The molecule has 122 valence electrons. The van der Waals surface area contributed by atoms with Crippen LogP contribution in [0, 0.1) is 15.2 Å². The monoisotopic (exact) mass is 432 g/mol. The lowest BCUT2D eigenvalue weighted by Gasteiger charge is -2.34. The molecule has 1 saturated heterocycles. The number of nitrogens with one attached hydrogen (secondary N) is 1. The lowest BCUT2D eigenvalue weighted by atomic mass is 10.1. The summed E-state index contributed by atoms with van der Waals surface area (Å²) in [4.78, 5) is 16.1. The van der Waals surface area contributed by atoms with Gasteiger partial charge in [0.25, 0.3) is 5.91 Å². The van der Waals surface area contributed by atoms with Crippen molar-refractivity contribution in [2.24, 2.45) is 0 Å². The fraction of sp³-hybridized carbons (Fsp3) is 0.333. The Morgan fingerprint density at radius 3 is 2.65 bits per heavy atom. The summed E-state index contributed by atoms with van der Waals surface area (Å²) in [6.07, 6.45) is 1.61. The summed E-state index contributed by atoms with van der Waals surface area (Å²) in [6.45, 7) is 2.67. The number of piperazine rings is 1. The molecule has 0 bridgehead atoms. The summed E-state index contributed by atoms with van der Waals surface area (Å²) in [5.74, 6) is -1.70. The number of benzene rings is 1. The van der Waals surface area contributed by atoms with Gasteiger partial charge in [-0.15, -0.1) is 0 Å². The minimum absolute atomic E-state index is 0.0801. The highest BCUT2D eigenvalue weighted by molar-refractivity contribution is 14.1. The molecule has 23 heavy (non-hydrogen) atoms. The second-order valence-corrected chi connectivity index (χ2v) is 6.54. The molecular weight excluding hydrogens is 417 g/mol. The third-order valence-corrected chi connectivity index (χ3v) is 4.71. The summed E-state index contributed by atoms with van der Waals surface area (Å²) in [5, 5.41) is 6.57. The van der Waals surface area contributed by atoms with Crippen molar-refractivity contribution in [1.29, 1.82) is 0 Å². The fourth-order valence-electron chi connectivity index (χ4n) is 2.60. The van der Waals surface area contributed by atoms with Crippen molar-refractivity contribution < 1.29 is 13.6 Å². The zero-order valence-corrected chi connectivity index (χ0v) is 14.4. The van der Waals surface area contributed by atoms with Crippen molar-refractivity contribution in [2.75, 3.05) is 26.2 Å². The van der Waals surface area contributed by atoms with E-state index < -0.39 is 11.6 Å². The Labute approximate surface area is 145 Å². The lowest BCUT2D eigenvalue weighted by Crippen LogP contribution is -2.48. The molecule has 1 aromatic heterocycles. The topological polar surface area (TPSA) is 52.2 Å². The second-order valence-electron chi connectivity index (χ2n) is 5.37. The van der Waals surface area contributed by atoms with Gasteiger partial charge in [0.15, 0.2) is 11.6 Å². The fourth-order valence-corrected chi connectivity index (χ4v) is 3.09. The van der Waals surface area contributed by atoms with Crippen molar-refractivity contribution in [1.82, 2.24) is 20.0 Å². The van der Waals surface area contributed by atoms with Gasteiger partial charge in [-0.1, -0.05) is 12.1 Å². The molecule has 0 saturated carbocycles. The first-order chi connectivity index (χ1) is 11.1. The van der Waals surface area contributed by atoms with Crippen LogP contribution in [0.15, 0.2) is 24.4 Å². The SMILES string of the molecule is O=C(c1[nH]ncc1I)N1CCN(Cc2cccc(F)c2F)CC1. The average molecular weight is 432 g/mol. The number of H-pyrrole nitrogens is 1. The van der Waals surface area contributed by atoms with Crippen molar-refractivity contribution in [2.45, 2.75) is 6.54 Å². The maximum absolute atomic E-state index is 13.7. The van der Waals surface area contributed by atoms with Crippen molar-refractivity contribution in [3.05, 3.63) is 50.9 Å². The number of carbonyl (C=O) groups is 1. The molecule has 5 nitrogen and oxygen atoms in total. The zero-order chi connectivity index (χ0) is 16.4. The molecule has 1 N–H and O–H groups in total. The molecule has 1 aromatic carbocycles. The van der Waals surface area contributed by atoms with Gasteiger partial charge in [-0.3, -0.25) is 14.8 Å². The van der Waals surface area contributed by atoms with Crippen LogP contribution < -0.4 is 0 Å². The highest BCUT2D eigenvalue weighted by Crippen LogP contribution is 2.16. The number of nitrogens with zero attached hydrogens (tertiary/aromatic N) is 3. The number of rotatable bonds is 3. The van der Waals surface area contributed by atoms with Gasteiger partial charge in [-0.05, 0) is 28.7 Å². The molecule has 2 heterocycles. The first kappa shape index (κ1) is 16.3. The molecule has 0 aliphatic carbocycles. The smallest absolute Gasteiger partial charge is 0.273 e. The molecule has 0 radical (unpaired) electrons. The number of aromatic amines is 1. The molecule has 1 aliphatic heterocycles. The van der Waals surface area contributed by atoms with Crippen LogP contribution in [0.25, 0.3) is 0 Å². The lowest BCUT2D eigenvalue weighted by molar-refractivity contribution is 0.0620. The van der Waals surface area contributed by atoms with Gasteiger partial charge in [0, 0.05) is 38.3 Å². The second kappa shape index (κ2) is 6.91. The summed E-state index contributed by atoms with van der Waals surface area (Å²) in [7, 11) is 0. The number of hydrogen-bond donors (Lipinski definition) is 1. The van der Waals surface area contributed by atoms with E-state index in [0.717, 1.165) is 9.64 Å². The summed E-state index contributed by atoms with van der Waals surface area (Å²) in [6, 6.07) is 4.21. The van der Waals surface area contributed by atoms with Gasteiger partial charge in [-0.25, -0.2) is 8.78 Å². The Morgan fingerprint density at radius 2 is 2.00 bits per heavy atom. The van der Waals surface area contributed by atoms with E-state index in [0.29, 0.717) is 44.0 Å². The molecule has 2 aromatic rings. The van der Waals surface area contributed by atoms with E-state index >= 15 is 0 Å². The first-order valence-corrected chi connectivity index (χ1v) is 8.27. The van der Waals surface area contributed by atoms with Crippen molar-refractivity contribution >= 4 is 28.5 Å². The third-order valence-electron chi connectivity index (χ3n) is 3.89. The number of carbonyl (C=O) groups excluding carboxylic acids is 1. The number of hydrogen-bond acceptors (Lipinski definition) is 3. The van der Waals surface area contributed by atoms with Crippen molar-refractivity contribution in [3.8, 4) is 0 Å². The van der Waals surface area contributed by atoms with Crippen LogP contribution in [0.1, 0.15) is 16.1 Å². The Kier molecular flexibility index (Phi) is 4.90. The predicted octanol–water partition coefficient (Wildman–Crippen LogP) is 2.25. The van der Waals surface area contributed by atoms with Gasteiger partial charge in [0.2, 0.25) is 0 Å². The largest absolute Gasteiger partial charge is 0.335 e. The van der Waals surface area contributed by atoms with Crippen LogP contribution in [0.4, 0.5) is 8.78 Å². The Bertz CT molecular complexity index is 713. The van der Waals surface area contributed by atoms with Crippen LogP contribution in [-0.4, -0.2) is 52.1 Å². The van der Waals surface area contributed by atoms with E-state index in [1.165, 1.54) is 6.07 Å². The van der Waals surface area contributed by atoms with Crippen LogP contribution in [0.3, 0.4) is 0 Å². The Morgan fingerprint density at radius 1 is 1.26 bits per heavy atom. The molecule has 3 rings (SSSR count). The van der Waals surface area contributed by atoms with Gasteiger partial charge < -0.3 is 4.90 Å². The zero-order valence-electron chi connectivity index (χ0n) is 12.2. The molecule has 0 unspecified atom stereocenters. The highest BCUT2D eigenvalue weighted by Gasteiger charge is 2.25. The van der Waals surface area contributed by atoms with Gasteiger partial charge in [0.1, 0.15) is 5.69 Å². The first-order valence-electron chi connectivity index (χ1n) is 7.19. The van der Waals surface area contributed by atoms with Crippen LogP contribution >= 0.6 is 22.6 Å². The quantitative estimate of drug-likeness (QED) is 0.758. The molecule has 8 heteroatoms. The minimum Gasteiger partial charge on any atom is -0.335 e. The van der Waals surface area contributed by atoms with Gasteiger partial charge in [0.05, 0.1) is 9.77 Å². The van der Waals surface area contributed by atoms with E-state index in [-0.39, 0.29) is 5.91 Å². The molecule has 0 spiro atoms. The molecule has 1 fully saturated rings. The standard InChI is InChI=1S/C15H15F2IN4O/c16-11-3-1-2-10(13(11)17)9-21-4-6-22(7-5-21)15(23)14-12(18)8-19-20-14/h1-3,8H,4-7,9H2,(H,19,20). The highest BCUT2D eigenvalue weighted by atomic mass is 127. The maximum atomic E-state index is 13.7. The third kappa shape index (κ3) is 3.52. The van der Waals surface area contributed by atoms with E-state index in [2.05, 4.69) is 32.8 Å². The Balaban J connectivity index is 1.59. The summed E-state index contributed by atoms with van der Waals surface area (Å²) < 4.78 is 27.7. The minimum atomic E-state index is -0.829. The maximum Gasteiger partial charge on any atom is 0.273 e. The Hall–Kier alpha value is -1.55. The van der Waals surface area contributed by atoms with Gasteiger partial charge in [-0.2, -0.15) is 5.10 Å². The molecule has 1 aliphatic rings. The van der Waals surface area contributed by atoms with Crippen molar-refractivity contribution in [3.63, 3.8) is 0 Å². The van der Waals surface area contributed by atoms with E-state index in [1.54, 1.807) is 17.2 Å². The summed E-state index contributed by atoms with van der Waals surface area (Å²) >= 11 is 2.06. The predicted molar refractivity (Wildman–Crippen MR) is 88.8 cm³/mol. The van der Waals surface area contributed by atoms with E-state index in [4.69, 9.17) is 0 Å². The number of halogens is 3. The van der Waals surface area contributed by atoms with Crippen LogP contribution in [0.5, 0.6) is 0 Å². The van der Waals surface area contributed by atoms with E-state index in [1.807, 2.05) is 4.90 Å². The normalized spacial score (nSPS) is 15.9. The molecule has 0 atom stereocenters. The summed E-state index contributed by atoms with van der Waals surface area (Å²) in [5.41, 5.74) is 0.836. The average Bonchev–Trinajstić information content (AvgIpc) is 2.98. The molecule has 1 amide bonds.